The quantitative estimate of drug-likeness (QED) is 0.587. The molecule has 1 amide bonds. The molecule has 1 heterocycles. The third-order valence-electron chi connectivity index (χ3n) is 2.00. The van der Waals surface area contributed by atoms with E-state index in [1.807, 2.05) is 0 Å². The molecule has 0 saturated heterocycles. The molecule has 1 aromatic heterocycles. The number of carbonyl (C=O) groups is 1. The lowest BCUT2D eigenvalue weighted by molar-refractivity contribution is -0.113. The minimum absolute atomic E-state index is 0.178. The number of halogens is 1. The maximum Gasteiger partial charge on any atom is 0.234 e. The predicted octanol–water partition coefficient (Wildman–Crippen LogP) is 1.77. The first-order valence-corrected chi connectivity index (χ1v) is 6.34. The highest BCUT2D eigenvalue weighted by atomic mass is 35.5. The maximum absolute atomic E-state index is 11.7. The normalized spacial score (nSPS) is 10.3. The molecule has 0 aliphatic carbocycles. The van der Waals surface area contributed by atoms with Crippen molar-refractivity contribution < 1.29 is 4.79 Å². The zero-order chi connectivity index (χ0) is 13.0. The number of thioether (sulfide) groups is 1. The Morgan fingerprint density at radius 2 is 2.39 bits per heavy atom. The Hall–Kier alpha value is -1.73. The minimum atomic E-state index is -0.178. The molecule has 18 heavy (non-hydrogen) atoms. The number of nitrogen functional groups attached to an aromatic ring is 1. The summed E-state index contributed by atoms with van der Waals surface area (Å²) in [5.74, 6) is 0.0404. The zero-order valence-electron chi connectivity index (χ0n) is 9.18. The lowest BCUT2D eigenvalue weighted by Crippen LogP contribution is -2.14. The average Bonchev–Trinajstić information content (AvgIpc) is 2.83. The molecule has 0 saturated carbocycles. The van der Waals surface area contributed by atoms with E-state index in [1.54, 1.807) is 18.2 Å². The zero-order valence-corrected chi connectivity index (χ0v) is 10.8. The van der Waals surface area contributed by atoms with Crippen LogP contribution in [0.25, 0.3) is 0 Å². The largest absolute Gasteiger partial charge is 0.399 e. The van der Waals surface area contributed by atoms with Gasteiger partial charge in [0.05, 0.1) is 16.5 Å². The molecular formula is C10H10ClN5OS. The van der Waals surface area contributed by atoms with E-state index < -0.39 is 0 Å². The Bertz CT molecular complexity index is 545. The van der Waals surface area contributed by atoms with Gasteiger partial charge in [-0.15, -0.1) is 0 Å². The molecule has 0 unspecified atom stereocenters. The first-order chi connectivity index (χ1) is 8.65. The summed E-state index contributed by atoms with van der Waals surface area (Å²) < 4.78 is 0. The smallest absolute Gasteiger partial charge is 0.234 e. The molecule has 0 aliphatic heterocycles. The summed E-state index contributed by atoms with van der Waals surface area (Å²) in [4.78, 5) is 15.6. The van der Waals surface area contributed by atoms with Gasteiger partial charge in [0, 0.05) is 5.69 Å². The number of aromatic nitrogens is 3. The number of nitrogens with two attached hydrogens (primary N) is 1. The Labute approximate surface area is 112 Å². The summed E-state index contributed by atoms with van der Waals surface area (Å²) in [5, 5.41) is 10.0. The van der Waals surface area contributed by atoms with Crippen LogP contribution < -0.4 is 11.1 Å². The third-order valence-corrected chi connectivity index (χ3v) is 3.19. The van der Waals surface area contributed by atoms with Crippen molar-refractivity contribution in [2.24, 2.45) is 0 Å². The van der Waals surface area contributed by atoms with E-state index >= 15 is 0 Å². The molecule has 4 N–H and O–H groups in total. The monoisotopic (exact) mass is 283 g/mol. The fraction of sp³-hybridized carbons (Fsp3) is 0.100. The first-order valence-electron chi connectivity index (χ1n) is 4.98. The molecule has 8 heteroatoms. The molecule has 0 aliphatic rings. The summed E-state index contributed by atoms with van der Waals surface area (Å²) >= 11 is 7.20. The number of anilines is 2. The van der Waals surface area contributed by atoms with Crippen LogP contribution in [0.1, 0.15) is 0 Å². The van der Waals surface area contributed by atoms with Crippen LogP contribution in [0.2, 0.25) is 5.02 Å². The van der Waals surface area contributed by atoms with Crippen molar-refractivity contribution in [2.45, 2.75) is 5.16 Å². The fourth-order valence-electron chi connectivity index (χ4n) is 1.22. The van der Waals surface area contributed by atoms with Crippen LogP contribution in [0.15, 0.2) is 29.7 Å². The van der Waals surface area contributed by atoms with Gasteiger partial charge in [0.1, 0.15) is 6.33 Å². The van der Waals surface area contributed by atoms with Crippen LogP contribution in [0.5, 0.6) is 0 Å². The highest BCUT2D eigenvalue weighted by Gasteiger charge is 2.07. The van der Waals surface area contributed by atoms with Crippen molar-refractivity contribution in [1.82, 2.24) is 15.2 Å². The standard InChI is InChI=1S/C10H10ClN5OS/c11-7-3-6(12)1-2-8(7)15-9(17)4-18-10-13-5-14-16-10/h1-3,5H,4,12H2,(H,15,17)(H,13,14,16). The van der Waals surface area contributed by atoms with Gasteiger partial charge in [0.15, 0.2) is 5.16 Å². The predicted molar refractivity (Wildman–Crippen MR) is 71.6 cm³/mol. The molecule has 0 bridgehead atoms. The third kappa shape index (κ3) is 3.38. The molecular weight excluding hydrogens is 274 g/mol. The van der Waals surface area contributed by atoms with Gasteiger partial charge in [0.2, 0.25) is 5.91 Å². The van der Waals surface area contributed by atoms with Crippen molar-refractivity contribution in [1.29, 1.82) is 0 Å². The molecule has 6 nitrogen and oxygen atoms in total. The summed E-state index contributed by atoms with van der Waals surface area (Å²) in [6.45, 7) is 0. The average molecular weight is 284 g/mol. The second-order valence-corrected chi connectivity index (χ2v) is 4.74. The topological polar surface area (TPSA) is 96.7 Å². The number of hydrogen-bond donors (Lipinski definition) is 3. The summed E-state index contributed by atoms with van der Waals surface area (Å²) in [6.07, 6.45) is 1.39. The number of rotatable bonds is 4. The highest BCUT2D eigenvalue weighted by Crippen LogP contribution is 2.24. The van der Waals surface area contributed by atoms with Crippen molar-refractivity contribution >= 4 is 40.6 Å². The number of H-pyrrole nitrogens is 1. The van der Waals surface area contributed by atoms with Gasteiger partial charge in [-0.3, -0.25) is 9.89 Å². The van der Waals surface area contributed by atoms with E-state index in [4.69, 9.17) is 17.3 Å². The first kappa shape index (κ1) is 12.7. The number of nitrogens with one attached hydrogen (secondary N) is 2. The second kappa shape index (κ2) is 5.74. The minimum Gasteiger partial charge on any atom is -0.399 e. The number of benzene rings is 1. The van der Waals surface area contributed by atoms with Gasteiger partial charge in [0.25, 0.3) is 0 Å². The fourth-order valence-corrected chi connectivity index (χ4v) is 2.03. The molecule has 2 rings (SSSR count). The lowest BCUT2D eigenvalue weighted by atomic mass is 10.3. The van der Waals surface area contributed by atoms with Gasteiger partial charge in [-0.1, -0.05) is 23.4 Å². The van der Waals surface area contributed by atoms with Crippen molar-refractivity contribution in [2.75, 3.05) is 16.8 Å². The van der Waals surface area contributed by atoms with Gasteiger partial charge >= 0.3 is 0 Å². The van der Waals surface area contributed by atoms with Crippen molar-refractivity contribution in [3.8, 4) is 0 Å². The molecule has 1 aromatic carbocycles. The highest BCUT2D eigenvalue weighted by molar-refractivity contribution is 7.99. The second-order valence-electron chi connectivity index (χ2n) is 3.37. The molecule has 0 atom stereocenters. The molecule has 0 radical (unpaired) electrons. The van der Waals surface area contributed by atoms with E-state index in [0.717, 1.165) is 0 Å². The van der Waals surface area contributed by atoms with Gasteiger partial charge in [-0.25, -0.2) is 4.98 Å². The number of nitrogens with zero attached hydrogens (tertiary/aromatic N) is 2. The maximum atomic E-state index is 11.7. The molecule has 0 spiro atoms. The SMILES string of the molecule is Nc1ccc(NC(=O)CSc2ncn[nH]2)c(Cl)c1. The van der Waals surface area contributed by atoms with Gasteiger partial charge in [-0.05, 0) is 18.2 Å². The van der Waals surface area contributed by atoms with E-state index in [-0.39, 0.29) is 11.7 Å². The Kier molecular flexibility index (Phi) is 4.06. The van der Waals surface area contributed by atoms with Crippen LogP contribution in [-0.2, 0) is 4.79 Å². The van der Waals surface area contributed by atoms with Crippen molar-refractivity contribution in [3.63, 3.8) is 0 Å². The summed E-state index contributed by atoms with van der Waals surface area (Å²) in [7, 11) is 0. The molecule has 2 aromatic rings. The van der Waals surface area contributed by atoms with E-state index in [9.17, 15) is 4.79 Å². The molecule has 94 valence electrons. The van der Waals surface area contributed by atoms with E-state index in [2.05, 4.69) is 20.5 Å². The van der Waals surface area contributed by atoms with E-state index in [1.165, 1.54) is 18.1 Å². The number of amides is 1. The summed E-state index contributed by atoms with van der Waals surface area (Å²) in [6, 6.07) is 4.92. The van der Waals surface area contributed by atoms with E-state index in [0.29, 0.717) is 21.6 Å². The summed E-state index contributed by atoms with van der Waals surface area (Å²) in [5.41, 5.74) is 6.65. The van der Waals surface area contributed by atoms with Crippen LogP contribution in [-0.4, -0.2) is 26.8 Å². The lowest BCUT2D eigenvalue weighted by Gasteiger charge is -2.06. The molecule has 0 fully saturated rings. The number of hydrogen-bond acceptors (Lipinski definition) is 5. The van der Waals surface area contributed by atoms with Crippen LogP contribution >= 0.6 is 23.4 Å². The van der Waals surface area contributed by atoms with Crippen molar-refractivity contribution in [3.05, 3.63) is 29.5 Å². The van der Waals surface area contributed by atoms with Gasteiger partial charge < -0.3 is 11.1 Å². The van der Waals surface area contributed by atoms with Crippen LogP contribution in [0, 0.1) is 0 Å². The Morgan fingerprint density at radius 1 is 1.56 bits per heavy atom. The Balaban J connectivity index is 1.91. The van der Waals surface area contributed by atoms with Crippen LogP contribution in [0.3, 0.4) is 0 Å². The van der Waals surface area contributed by atoms with Gasteiger partial charge in [-0.2, -0.15) is 5.10 Å². The Morgan fingerprint density at radius 3 is 3.06 bits per heavy atom. The number of carbonyl (C=O) groups excluding carboxylic acids is 1. The number of aromatic amines is 1. The van der Waals surface area contributed by atoms with Crippen LogP contribution in [0.4, 0.5) is 11.4 Å².